The van der Waals surface area contributed by atoms with Crippen LogP contribution >= 0.6 is 11.8 Å². The van der Waals surface area contributed by atoms with Crippen molar-refractivity contribution in [2.24, 2.45) is 0 Å². The molecule has 1 N–H and O–H groups in total. The van der Waals surface area contributed by atoms with Gasteiger partial charge in [0.1, 0.15) is 11.2 Å². The predicted octanol–water partition coefficient (Wildman–Crippen LogP) is 3.92. The number of nitrogens with zero attached hydrogens (tertiary/aromatic N) is 4. The van der Waals surface area contributed by atoms with Crippen LogP contribution in [0, 0.1) is 0 Å². The lowest BCUT2D eigenvalue weighted by molar-refractivity contribution is 0.0697. The minimum Gasteiger partial charge on any atom is -0.478 e. The van der Waals surface area contributed by atoms with E-state index in [1.807, 2.05) is 12.3 Å². The standard InChI is InChI=1S/C19H15FN4O2S/c1-27-17-14-7-6-11(18(25)26)8-16(14)24(23-17)19-21-9-12(10-22-19)13-4-2-3-5-15(13)20/h2-4,6-10,15H,5H2,1H3,(H,25,26). The van der Waals surface area contributed by atoms with E-state index >= 15 is 0 Å². The Morgan fingerprint density at radius 1 is 1.33 bits per heavy atom. The maximum absolute atomic E-state index is 14.1. The van der Waals surface area contributed by atoms with Crippen LogP contribution in [0.3, 0.4) is 0 Å². The van der Waals surface area contributed by atoms with Crippen LogP contribution in [0.4, 0.5) is 4.39 Å². The van der Waals surface area contributed by atoms with E-state index in [9.17, 15) is 14.3 Å². The average Bonchev–Trinajstić information content (AvgIpc) is 3.06. The summed E-state index contributed by atoms with van der Waals surface area (Å²) in [5, 5.41) is 15.3. The molecular weight excluding hydrogens is 367 g/mol. The van der Waals surface area contributed by atoms with E-state index in [0.29, 0.717) is 29.0 Å². The van der Waals surface area contributed by atoms with Crippen LogP contribution in [-0.4, -0.2) is 43.3 Å². The van der Waals surface area contributed by atoms with Crippen molar-refractivity contribution in [2.45, 2.75) is 17.6 Å². The van der Waals surface area contributed by atoms with E-state index in [1.54, 1.807) is 42.7 Å². The van der Waals surface area contributed by atoms with Crippen molar-refractivity contribution in [2.75, 3.05) is 6.26 Å². The van der Waals surface area contributed by atoms with Crippen LogP contribution in [0.1, 0.15) is 22.3 Å². The number of rotatable bonds is 4. The molecule has 1 unspecified atom stereocenters. The highest BCUT2D eigenvalue weighted by Crippen LogP contribution is 2.29. The second-order valence-electron chi connectivity index (χ2n) is 5.98. The molecule has 1 atom stereocenters. The molecule has 0 amide bonds. The van der Waals surface area contributed by atoms with E-state index in [1.165, 1.54) is 16.4 Å². The van der Waals surface area contributed by atoms with E-state index in [0.717, 1.165) is 10.4 Å². The van der Waals surface area contributed by atoms with Gasteiger partial charge in [0.15, 0.2) is 0 Å². The summed E-state index contributed by atoms with van der Waals surface area (Å²) >= 11 is 1.45. The zero-order chi connectivity index (χ0) is 19.0. The molecule has 2 aromatic heterocycles. The fourth-order valence-corrected chi connectivity index (χ4v) is 3.54. The van der Waals surface area contributed by atoms with Gasteiger partial charge in [-0.05, 0) is 30.0 Å². The lowest BCUT2D eigenvalue weighted by atomic mass is 9.98. The molecule has 0 spiro atoms. The Bertz CT molecular complexity index is 1090. The molecule has 0 saturated heterocycles. The third-order valence-electron chi connectivity index (χ3n) is 4.34. The number of carboxylic acid groups (broad SMARTS) is 1. The molecule has 136 valence electrons. The third kappa shape index (κ3) is 3.12. The van der Waals surface area contributed by atoms with Gasteiger partial charge in [0, 0.05) is 29.8 Å². The number of benzene rings is 1. The Labute approximate surface area is 158 Å². The largest absolute Gasteiger partial charge is 0.478 e. The van der Waals surface area contributed by atoms with Crippen LogP contribution in [0.2, 0.25) is 0 Å². The van der Waals surface area contributed by atoms with Crippen LogP contribution in [0.25, 0.3) is 22.4 Å². The molecule has 0 fully saturated rings. The number of hydrogen-bond donors (Lipinski definition) is 1. The number of allylic oxidation sites excluding steroid dienone is 4. The highest BCUT2D eigenvalue weighted by Gasteiger charge is 2.18. The molecule has 3 aromatic rings. The topological polar surface area (TPSA) is 80.9 Å². The van der Waals surface area contributed by atoms with Gasteiger partial charge >= 0.3 is 5.97 Å². The summed E-state index contributed by atoms with van der Waals surface area (Å²) in [5.74, 6) is -0.716. The number of carbonyl (C=O) groups is 1. The summed E-state index contributed by atoms with van der Waals surface area (Å²) in [7, 11) is 0. The Morgan fingerprint density at radius 3 is 2.78 bits per heavy atom. The maximum Gasteiger partial charge on any atom is 0.335 e. The highest BCUT2D eigenvalue weighted by atomic mass is 32.2. The van der Waals surface area contributed by atoms with Gasteiger partial charge in [-0.15, -0.1) is 11.8 Å². The van der Waals surface area contributed by atoms with Crippen LogP contribution < -0.4 is 0 Å². The van der Waals surface area contributed by atoms with Crippen LogP contribution in [0.15, 0.2) is 53.8 Å². The molecule has 6 nitrogen and oxygen atoms in total. The van der Waals surface area contributed by atoms with Gasteiger partial charge < -0.3 is 5.11 Å². The fourth-order valence-electron chi connectivity index (χ4n) is 2.98. The van der Waals surface area contributed by atoms with Crippen molar-refractivity contribution in [3.05, 3.63) is 59.9 Å². The lowest BCUT2D eigenvalue weighted by Gasteiger charge is -2.13. The second-order valence-corrected chi connectivity index (χ2v) is 6.78. The number of halogens is 1. The number of hydrogen-bond acceptors (Lipinski definition) is 5. The summed E-state index contributed by atoms with van der Waals surface area (Å²) in [6, 6.07) is 4.83. The molecule has 1 aliphatic carbocycles. The number of carboxylic acids is 1. The Hall–Kier alpha value is -3.00. The van der Waals surface area contributed by atoms with E-state index < -0.39 is 12.1 Å². The average molecular weight is 382 g/mol. The van der Waals surface area contributed by atoms with Gasteiger partial charge in [-0.2, -0.15) is 9.78 Å². The van der Waals surface area contributed by atoms with Crippen molar-refractivity contribution in [3.63, 3.8) is 0 Å². The Kier molecular flexibility index (Phi) is 4.49. The Morgan fingerprint density at radius 2 is 2.11 bits per heavy atom. The van der Waals surface area contributed by atoms with Crippen LogP contribution in [0.5, 0.6) is 0 Å². The smallest absolute Gasteiger partial charge is 0.335 e. The van der Waals surface area contributed by atoms with Gasteiger partial charge in [0.2, 0.25) is 0 Å². The molecule has 0 bridgehead atoms. The molecule has 2 heterocycles. The summed E-state index contributed by atoms with van der Waals surface area (Å²) in [4.78, 5) is 20.0. The number of fused-ring (bicyclic) bond motifs is 1. The third-order valence-corrected chi connectivity index (χ3v) is 5.03. The first-order valence-corrected chi connectivity index (χ1v) is 9.44. The Balaban J connectivity index is 1.80. The molecule has 1 aliphatic rings. The van der Waals surface area contributed by atoms with E-state index in [4.69, 9.17) is 0 Å². The second kappa shape index (κ2) is 6.96. The number of alkyl halides is 1. The first-order valence-electron chi connectivity index (χ1n) is 8.22. The van der Waals surface area contributed by atoms with Crippen molar-refractivity contribution >= 4 is 34.2 Å². The number of aromatic carboxylic acids is 1. The SMILES string of the molecule is CSc1nn(-c2ncc(C3=CC=CCC3F)cn2)c2cc(C(=O)O)ccc12. The number of thioether (sulfide) groups is 1. The first-order chi connectivity index (χ1) is 13.1. The summed E-state index contributed by atoms with van der Waals surface area (Å²) in [5.41, 5.74) is 1.93. The fraction of sp³-hybridized carbons (Fsp3) is 0.158. The van der Waals surface area contributed by atoms with Gasteiger partial charge in [-0.3, -0.25) is 0 Å². The van der Waals surface area contributed by atoms with Crippen molar-refractivity contribution in [3.8, 4) is 5.95 Å². The molecular formula is C19H15FN4O2S. The molecule has 4 rings (SSSR count). The number of aromatic nitrogens is 4. The van der Waals surface area contributed by atoms with Gasteiger partial charge in [-0.1, -0.05) is 18.2 Å². The summed E-state index contributed by atoms with van der Waals surface area (Å²) in [6.07, 6.45) is 9.61. The van der Waals surface area contributed by atoms with Gasteiger partial charge in [0.05, 0.1) is 11.1 Å². The lowest BCUT2D eigenvalue weighted by Crippen LogP contribution is -2.08. The zero-order valence-electron chi connectivity index (χ0n) is 14.3. The minimum atomic E-state index is -1.07. The minimum absolute atomic E-state index is 0.160. The molecule has 0 radical (unpaired) electrons. The maximum atomic E-state index is 14.1. The van der Waals surface area contributed by atoms with Gasteiger partial charge in [0.25, 0.3) is 5.95 Å². The molecule has 1 aromatic carbocycles. The molecule has 0 aliphatic heterocycles. The first kappa shape index (κ1) is 17.4. The summed E-state index contributed by atoms with van der Waals surface area (Å²) in [6.45, 7) is 0. The highest BCUT2D eigenvalue weighted by molar-refractivity contribution is 7.98. The predicted molar refractivity (Wildman–Crippen MR) is 102 cm³/mol. The molecule has 27 heavy (non-hydrogen) atoms. The van der Waals surface area contributed by atoms with Crippen LogP contribution in [-0.2, 0) is 0 Å². The summed E-state index contributed by atoms with van der Waals surface area (Å²) < 4.78 is 15.6. The quantitative estimate of drug-likeness (QED) is 0.689. The monoisotopic (exact) mass is 382 g/mol. The van der Waals surface area contributed by atoms with E-state index in [-0.39, 0.29) is 5.56 Å². The molecule has 0 saturated carbocycles. The zero-order valence-corrected chi connectivity index (χ0v) is 15.2. The van der Waals surface area contributed by atoms with Crippen molar-refractivity contribution < 1.29 is 14.3 Å². The molecule has 8 heteroatoms. The normalized spacial score (nSPS) is 16.5. The van der Waals surface area contributed by atoms with Crippen molar-refractivity contribution in [1.82, 2.24) is 19.7 Å². The van der Waals surface area contributed by atoms with E-state index in [2.05, 4.69) is 15.1 Å². The van der Waals surface area contributed by atoms with Gasteiger partial charge in [-0.25, -0.2) is 19.2 Å². The van der Waals surface area contributed by atoms with Crippen molar-refractivity contribution in [1.29, 1.82) is 0 Å².